The number of fused-ring (bicyclic) bond motifs is 1. The number of nitrogens with one attached hydrogen (secondary N) is 1. The molecule has 9 nitrogen and oxygen atoms in total. The van der Waals surface area contributed by atoms with Crippen LogP contribution in [0, 0.1) is 0 Å². The number of ether oxygens (including phenoxy) is 1. The van der Waals surface area contributed by atoms with Crippen LogP contribution in [-0.2, 0) is 22.5 Å². The maximum absolute atomic E-state index is 12.6. The summed E-state index contributed by atoms with van der Waals surface area (Å²) >= 11 is 0. The number of pyridine rings is 1. The predicted octanol–water partition coefficient (Wildman–Crippen LogP) is 2.16. The van der Waals surface area contributed by atoms with Gasteiger partial charge in [-0.1, -0.05) is 6.07 Å². The van der Waals surface area contributed by atoms with Crippen LogP contribution in [0.4, 0.5) is 10.6 Å². The Hall–Kier alpha value is -3.23. The second-order valence-electron chi connectivity index (χ2n) is 7.69. The first-order valence-corrected chi connectivity index (χ1v) is 10.9. The van der Waals surface area contributed by atoms with Gasteiger partial charge in [-0.15, -0.1) is 0 Å². The van der Waals surface area contributed by atoms with Gasteiger partial charge in [-0.2, -0.15) is 0 Å². The number of hydrogen-bond acceptors (Lipinski definition) is 7. The number of amides is 2. The predicted molar refractivity (Wildman–Crippen MR) is 115 cm³/mol. The summed E-state index contributed by atoms with van der Waals surface area (Å²) in [5.41, 5.74) is 2.70. The third kappa shape index (κ3) is 4.92. The van der Waals surface area contributed by atoms with E-state index < -0.39 is 5.97 Å². The smallest absolute Gasteiger partial charge is 0.325 e. The van der Waals surface area contributed by atoms with Gasteiger partial charge in [0.15, 0.2) is 5.82 Å². The van der Waals surface area contributed by atoms with Crippen molar-refractivity contribution in [1.82, 2.24) is 25.2 Å². The summed E-state index contributed by atoms with van der Waals surface area (Å²) in [5.74, 6) is 1.08. The molecule has 1 saturated heterocycles. The van der Waals surface area contributed by atoms with Gasteiger partial charge < -0.3 is 19.9 Å². The van der Waals surface area contributed by atoms with Crippen molar-refractivity contribution in [3.8, 4) is 11.5 Å². The Labute approximate surface area is 181 Å². The van der Waals surface area contributed by atoms with Crippen LogP contribution >= 0.6 is 0 Å². The summed E-state index contributed by atoms with van der Waals surface area (Å²) < 4.78 is 4.88. The number of esters is 1. The lowest BCUT2D eigenvalue weighted by atomic mass is 10.0. The third-order valence-electron chi connectivity index (χ3n) is 5.56. The van der Waals surface area contributed by atoms with Gasteiger partial charge in [0.2, 0.25) is 0 Å². The zero-order valence-electron chi connectivity index (χ0n) is 17.8. The van der Waals surface area contributed by atoms with Crippen LogP contribution in [0.5, 0.6) is 0 Å². The summed E-state index contributed by atoms with van der Waals surface area (Å²) in [6.07, 6.45) is 5.85. The van der Waals surface area contributed by atoms with Crippen molar-refractivity contribution >= 4 is 17.8 Å². The van der Waals surface area contributed by atoms with Gasteiger partial charge in [0.25, 0.3) is 0 Å². The van der Waals surface area contributed by atoms with E-state index in [4.69, 9.17) is 14.7 Å². The quantitative estimate of drug-likeness (QED) is 0.734. The fraction of sp³-hybridized carbons (Fsp3) is 0.500. The monoisotopic (exact) mass is 424 g/mol. The average molecular weight is 425 g/mol. The van der Waals surface area contributed by atoms with Crippen molar-refractivity contribution in [1.29, 1.82) is 0 Å². The molecule has 0 atom stereocenters. The topological polar surface area (TPSA) is 101 Å². The van der Waals surface area contributed by atoms with Crippen LogP contribution in [0.25, 0.3) is 11.5 Å². The van der Waals surface area contributed by atoms with Gasteiger partial charge in [-0.3, -0.25) is 9.78 Å². The molecule has 0 unspecified atom stereocenters. The van der Waals surface area contributed by atoms with E-state index in [2.05, 4.69) is 15.2 Å². The molecule has 0 radical (unpaired) electrons. The van der Waals surface area contributed by atoms with Crippen molar-refractivity contribution in [2.75, 3.05) is 37.7 Å². The van der Waals surface area contributed by atoms with Gasteiger partial charge in [0, 0.05) is 37.8 Å². The molecule has 0 saturated carbocycles. The van der Waals surface area contributed by atoms with Crippen LogP contribution in [0.1, 0.15) is 37.4 Å². The average Bonchev–Trinajstić information content (AvgIpc) is 2.83. The number of hydrogen-bond donors (Lipinski definition) is 1. The van der Waals surface area contributed by atoms with E-state index >= 15 is 0 Å². The summed E-state index contributed by atoms with van der Waals surface area (Å²) in [6.45, 7) is 4.73. The largest absolute Gasteiger partial charge is 0.465 e. The van der Waals surface area contributed by atoms with Crippen molar-refractivity contribution in [2.45, 2.75) is 39.2 Å². The first kappa shape index (κ1) is 21.0. The van der Waals surface area contributed by atoms with E-state index in [1.165, 1.54) is 6.42 Å². The molecular weight excluding hydrogens is 396 g/mol. The molecule has 2 aliphatic heterocycles. The summed E-state index contributed by atoms with van der Waals surface area (Å²) in [4.78, 5) is 42.3. The van der Waals surface area contributed by atoms with Crippen LogP contribution < -0.4 is 10.2 Å². The van der Waals surface area contributed by atoms with Crippen LogP contribution in [0.3, 0.4) is 0 Å². The molecule has 1 fully saturated rings. The van der Waals surface area contributed by atoms with Crippen molar-refractivity contribution in [3.63, 3.8) is 0 Å². The van der Waals surface area contributed by atoms with Gasteiger partial charge in [0.05, 0.1) is 18.8 Å². The highest BCUT2D eigenvalue weighted by molar-refractivity contribution is 5.81. The molecule has 0 aliphatic carbocycles. The molecule has 2 aromatic heterocycles. The normalized spacial score (nSPS) is 15.9. The van der Waals surface area contributed by atoms with E-state index in [9.17, 15) is 9.59 Å². The molecular formula is C22H28N6O3. The lowest BCUT2D eigenvalue weighted by molar-refractivity contribution is -0.141. The standard InChI is InChI=1S/C22H28N6O3/c1-2-31-19(29)14-24-22(30)28-13-9-17-16(15-28)21(27-11-6-3-7-12-27)26-20(25-17)18-8-4-5-10-23-18/h4-5,8,10H,2-3,6-7,9,11-15H2,1H3,(H,24,30). The number of rotatable bonds is 5. The van der Waals surface area contributed by atoms with Crippen molar-refractivity contribution < 1.29 is 14.3 Å². The van der Waals surface area contributed by atoms with E-state index in [0.717, 1.165) is 48.7 Å². The van der Waals surface area contributed by atoms with E-state index in [-0.39, 0.29) is 12.6 Å². The molecule has 1 N–H and O–H groups in total. The van der Waals surface area contributed by atoms with Gasteiger partial charge >= 0.3 is 12.0 Å². The minimum atomic E-state index is -0.439. The van der Waals surface area contributed by atoms with E-state index in [1.54, 1.807) is 18.0 Å². The van der Waals surface area contributed by atoms with Crippen molar-refractivity contribution in [2.24, 2.45) is 0 Å². The first-order valence-electron chi connectivity index (χ1n) is 10.9. The molecule has 0 aromatic carbocycles. The Morgan fingerprint density at radius 2 is 1.97 bits per heavy atom. The third-order valence-corrected chi connectivity index (χ3v) is 5.56. The summed E-state index contributed by atoms with van der Waals surface area (Å²) in [7, 11) is 0. The minimum absolute atomic E-state index is 0.135. The fourth-order valence-electron chi connectivity index (χ4n) is 4.02. The Morgan fingerprint density at radius 1 is 1.13 bits per heavy atom. The number of carbonyl (C=O) groups excluding carboxylic acids is 2. The SMILES string of the molecule is CCOC(=O)CNC(=O)N1CCc2nc(-c3ccccn3)nc(N3CCCCC3)c2C1. The van der Waals surface area contributed by atoms with Crippen LogP contribution in [0.2, 0.25) is 0 Å². The zero-order chi connectivity index (χ0) is 21.6. The number of piperidine rings is 1. The molecule has 4 heterocycles. The molecule has 164 valence electrons. The lowest BCUT2D eigenvalue weighted by Crippen LogP contribution is -2.45. The molecule has 2 amide bonds. The van der Waals surface area contributed by atoms with Crippen LogP contribution in [0.15, 0.2) is 24.4 Å². The van der Waals surface area contributed by atoms with Crippen LogP contribution in [-0.4, -0.2) is 64.6 Å². The number of anilines is 1. The highest BCUT2D eigenvalue weighted by Gasteiger charge is 2.28. The van der Waals surface area contributed by atoms with Crippen molar-refractivity contribution in [3.05, 3.63) is 35.7 Å². The molecule has 31 heavy (non-hydrogen) atoms. The molecule has 2 aromatic rings. The number of aromatic nitrogens is 3. The second kappa shape index (κ2) is 9.72. The Balaban J connectivity index is 1.59. The maximum Gasteiger partial charge on any atom is 0.325 e. The lowest BCUT2D eigenvalue weighted by Gasteiger charge is -2.34. The zero-order valence-corrected chi connectivity index (χ0v) is 17.8. The summed E-state index contributed by atoms with van der Waals surface area (Å²) in [5, 5.41) is 2.65. The van der Waals surface area contributed by atoms with Gasteiger partial charge in [-0.25, -0.2) is 14.8 Å². The number of carbonyl (C=O) groups is 2. The Bertz CT molecular complexity index is 930. The number of urea groups is 1. The Morgan fingerprint density at radius 3 is 2.71 bits per heavy atom. The molecule has 0 bridgehead atoms. The maximum atomic E-state index is 12.6. The van der Waals surface area contributed by atoms with E-state index in [0.29, 0.717) is 31.9 Å². The Kier molecular flexibility index (Phi) is 6.59. The minimum Gasteiger partial charge on any atom is -0.465 e. The van der Waals surface area contributed by atoms with E-state index in [1.807, 2.05) is 18.2 Å². The van der Waals surface area contributed by atoms with Gasteiger partial charge in [0.1, 0.15) is 18.1 Å². The highest BCUT2D eigenvalue weighted by Crippen LogP contribution is 2.30. The molecule has 9 heteroatoms. The fourth-order valence-corrected chi connectivity index (χ4v) is 4.02. The molecule has 2 aliphatic rings. The molecule has 0 spiro atoms. The molecule has 4 rings (SSSR count). The second-order valence-corrected chi connectivity index (χ2v) is 7.69. The van der Waals surface area contributed by atoms with Gasteiger partial charge in [-0.05, 0) is 38.3 Å². The number of nitrogens with zero attached hydrogens (tertiary/aromatic N) is 5. The first-order chi connectivity index (χ1) is 15.2. The summed E-state index contributed by atoms with van der Waals surface area (Å²) in [6, 6.07) is 5.44. The highest BCUT2D eigenvalue weighted by atomic mass is 16.5.